The number of rotatable bonds is 0. The molecule has 3 rings (SSSR count). The molecular formula is C18H21FSi. The average Bonchev–Trinajstić information content (AvgIpc) is 2.57. The first-order valence-corrected chi connectivity index (χ1v) is 10.2. The zero-order valence-electron chi connectivity index (χ0n) is 12.8. The molecule has 0 aliphatic carbocycles. The van der Waals surface area contributed by atoms with Crippen LogP contribution in [0.25, 0.3) is 11.1 Å². The molecule has 2 aromatic carbocycles. The van der Waals surface area contributed by atoms with E-state index in [2.05, 4.69) is 52.1 Å². The minimum Gasteiger partial charge on any atom is -0.207 e. The lowest BCUT2D eigenvalue weighted by molar-refractivity contribution is 0.591. The van der Waals surface area contributed by atoms with Gasteiger partial charge in [0.1, 0.15) is 13.9 Å². The van der Waals surface area contributed by atoms with Crippen LogP contribution in [0, 0.1) is 5.82 Å². The molecule has 1 heterocycles. The topological polar surface area (TPSA) is 0 Å². The molecule has 104 valence electrons. The molecule has 1 aliphatic rings. The van der Waals surface area contributed by atoms with E-state index in [1.807, 2.05) is 6.07 Å². The largest absolute Gasteiger partial charge is 0.207 e. The van der Waals surface area contributed by atoms with Crippen molar-refractivity contribution in [2.45, 2.75) is 39.3 Å². The highest BCUT2D eigenvalue weighted by atomic mass is 28.3. The Labute approximate surface area is 121 Å². The van der Waals surface area contributed by atoms with E-state index < -0.39 is 8.07 Å². The first-order valence-electron chi connectivity index (χ1n) is 7.17. The van der Waals surface area contributed by atoms with Crippen LogP contribution in [0.15, 0.2) is 36.4 Å². The molecule has 0 spiro atoms. The lowest BCUT2D eigenvalue weighted by atomic mass is 9.86. The van der Waals surface area contributed by atoms with Crippen LogP contribution in [0.2, 0.25) is 13.1 Å². The fraction of sp³-hybridized carbons (Fsp3) is 0.333. The van der Waals surface area contributed by atoms with Crippen molar-refractivity contribution in [3.8, 4) is 11.1 Å². The Morgan fingerprint density at radius 1 is 0.850 bits per heavy atom. The van der Waals surface area contributed by atoms with Gasteiger partial charge in [-0.25, -0.2) is 4.39 Å². The highest BCUT2D eigenvalue weighted by Gasteiger charge is 2.38. The smallest absolute Gasteiger partial charge is 0.123 e. The summed E-state index contributed by atoms with van der Waals surface area (Å²) in [5.74, 6) is -0.117. The monoisotopic (exact) mass is 284 g/mol. The summed E-state index contributed by atoms with van der Waals surface area (Å²) >= 11 is 0. The lowest BCUT2D eigenvalue weighted by Gasteiger charge is -2.23. The lowest BCUT2D eigenvalue weighted by Crippen LogP contribution is -2.49. The third-order valence-corrected chi connectivity index (χ3v) is 8.02. The van der Waals surface area contributed by atoms with Gasteiger partial charge in [0.25, 0.3) is 0 Å². The summed E-state index contributed by atoms with van der Waals surface area (Å²) < 4.78 is 13.6. The number of fused-ring (bicyclic) bond motifs is 3. The maximum absolute atomic E-state index is 13.6. The number of halogens is 1. The van der Waals surface area contributed by atoms with E-state index in [0.29, 0.717) is 0 Å². The van der Waals surface area contributed by atoms with Crippen molar-refractivity contribution in [3.63, 3.8) is 0 Å². The third-order valence-electron chi connectivity index (χ3n) is 4.50. The summed E-state index contributed by atoms with van der Waals surface area (Å²) in [7, 11) is -1.76. The SMILES string of the molecule is CC(C)(C)c1ccc2c(c1)[Si](C)(C)c1cc(F)ccc1-2. The fourth-order valence-electron chi connectivity index (χ4n) is 3.18. The number of hydrogen-bond donors (Lipinski definition) is 0. The first kappa shape index (κ1) is 13.6. The van der Waals surface area contributed by atoms with Crippen LogP contribution in [-0.2, 0) is 5.41 Å². The van der Waals surface area contributed by atoms with Crippen molar-refractivity contribution < 1.29 is 4.39 Å². The summed E-state index contributed by atoms with van der Waals surface area (Å²) in [6.45, 7) is 11.4. The Hall–Kier alpha value is -1.41. The molecule has 1 aliphatic heterocycles. The van der Waals surface area contributed by atoms with Crippen LogP contribution >= 0.6 is 0 Å². The fourth-order valence-corrected chi connectivity index (χ4v) is 6.26. The van der Waals surface area contributed by atoms with Gasteiger partial charge in [-0.2, -0.15) is 0 Å². The molecule has 0 saturated carbocycles. The molecule has 0 bridgehead atoms. The zero-order valence-corrected chi connectivity index (χ0v) is 13.8. The van der Waals surface area contributed by atoms with Crippen LogP contribution < -0.4 is 10.4 Å². The minimum absolute atomic E-state index is 0.117. The molecule has 0 atom stereocenters. The quantitative estimate of drug-likeness (QED) is 0.643. The van der Waals surface area contributed by atoms with Gasteiger partial charge in [0.15, 0.2) is 0 Å². The minimum atomic E-state index is -1.76. The predicted molar refractivity (Wildman–Crippen MR) is 87.3 cm³/mol. The van der Waals surface area contributed by atoms with Gasteiger partial charge >= 0.3 is 0 Å². The molecule has 0 radical (unpaired) electrons. The van der Waals surface area contributed by atoms with Crippen molar-refractivity contribution in [2.24, 2.45) is 0 Å². The van der Waals surface area contributed by atoms with Crippen molar-refractivity contribution >= 4 is 18.4 Å². The van der Waals surface area contributed by atoms with E-state index in [1.165, 1.54) is 27.1 Å². The zero-order chi connectivity index (χ0) is 14.7. The molecule has 0 amide bonds. The van der Waals surface area contributed by atoms with Gasteiger partial charge in [-0.3, -0.25) is 0 Å². The van der Waals surface area contributed by atoms with Crippen molar-refractivity contribution in [3.05, 3.63) is 47.8 Å². The second kappa shape index (κ2) is 4.04. The van der Waals surface area contributed by atoms with E-state index >= 15 is 0 Å². The Morgan fingerprint density at radius 2 is 1.40 bits per heavy atom. The van der Waals surface area contributed by atoms with Gasteiger partial charge in [-0.1, -0.05) is 58.1 Å². The van der Waals surface area contributed by atoms with Crippen LogP contribution in [0.4, 0.5) is 4.39 Å². The predicted octanol–water partition coefficient (Wildman–Crippen LogP) is 3.93. The van der Waals surface area contributed by atoms with Gasteiger partial charge in [-0.05, 0) is 44.6 Å². The van der Waals surface area contributed by atoms with Crippen LogP contribution in [0.3, 0.4) is 0 Å². The van der Waals surface area contributed by atoms with Gasteiger partial charge in [0, 0.05) is 0 Å². The standard InChI is InChI=1S/C18H21FSi/c1-18(2,3)12-6-8-14-15-9-7-13(19)11-17(15)20(4,5)16(14)10-12/h6-11H,1-5H3. The van der Waals surface area contributed by atoms with Crippen molar-refractivity contribution in [1.29, 1.82) is 0 Å². The molecule has 0 N–H and O–H groups in total. The maximum Gasteiger partial charge on any atom is 0.123 e. The maximum atomic E-state index is 13.6. The van der Waals surface area contributed by atoms with E-state index in [9.17, 15) is 4.39 Å². The van der Waals surface area contributed by atoms with Gasteiger partial charge in [-0.15, -0.1) is 0 Å². The molecule has 2 aromatic rings. The first-order chi connectivity index (χ1) is 9.21. The Balaban J connectivity index is 2.27. The number of hydrogen-bond acceptors (Lipinski definition) is 0. The third kappa shape index (κ3) is 1.86. The molecule has 2 heteroatoms. The number of benzene rings is 2. The Bertz CT molecular complexity index is 693. The van der Waals surface area contributed by atoms with Crippen molar-refractivity contribution in [1.82, 2.24) is 0 Å². The summed E-state index contributed by atoms with van der Waals surface area (Å²) in [5, 5.41) is 2.68. The summed E-state index contributed by atoms with van der Waals surface area (Å²) in [5.41, 5.74) is 4.06. The molecule has 0 unspecified atom stereocenters. The van der Waals surface area contributed by atoms with Crippen LogP contribution in [0.1, 0.15) is 26.3 Å². The van der Waals surface area contributed by atoms with E-state index in [1.54, 1.807) is 12.1 Å². The highest BCUT2D eigenvalue weighted by Crippen LogP contribution is 2.31. The van der Waals surface area contributed by atoms with Gasteiger partial charge in [0.2, 0.25) is 0 Å². The molecule has 0 aromatic heterocycles. The molecule has 0 nitrogen and oxygen atoms in total. The average molecular weight is 284 g/mol. The second-order valence-electron chi connectivity index (χ2n) is 7.33. The highest BCUT2D eigenvalue weighted by molar-refractivity contribution is 7.03. The van der Waals surface area contributed by atoms with E-state index in [-0.39, 0.29) is 11.2 Å². The molecular weight excluding hydrogens is 263 g/mol. The molecule has 0 fully saturated rings. The normalized spacial score (nSPS) is 15.9. The summed E-state index contributed by atoms with van der Waals surface area (Å²) in [6, 6.07) is 12.1. The van der Waals surface area contributed by atoms with Crippen LogP contribution in [-0.4, -0.2) is 8.07 Å². The summed E-state index contributed by atoms with van der Waals surface area (Å²) in [6.07, 6.45) is 0. The van der Waals surface area contributed by atoms with Crippen LogP contribution in [0.5, 0.6) is 0 Å². The Morgan fingerprint density at radius 3 is 2.00 bits per heavy atom. The molecule has 0 saturated heterocycles. The molecule has 20 heavy (non-hydrogen) atoms. The summed E-state index contributed by atoms with van der Waals surface area (Å²) in [4.78, 5) is 0. The van der Waals surface area contributed by atoms with E-state index in [4.69, 9.17) is 0 Å². The van der Waals surface area contributed by atoms with E-state index in [0.717, 1.165) is 0 Å². The van der Waals surface area contributed by atoms with Gasteiger partial charge < -0.3 is 0 Å². The van der Waals surface area contributed by atoms with Crippen molar-refractivity contribution in [2.75, 3.05) is 0 Å². The van der Waals surface area contributed by atoms with Gasteiger partial charge in [0.05, 0.1) is 0 Å². The second-order valence-corrected chi connectivity index (χ2v) is 11.7. The Kier molecular flexibility index (Phi) is 2.74.